The molecule has 0 aliphatic heterocycles. The van der Waals surface area contributed by atoms with Crippen LogP contribution in [0.25, 0.3) is 22.6 Å². The number of anilines is 1. The van der Waals surface area contributed by atoms with E-state index in [1.54, 1.807) is 11.3 Å². The first-order valence-corrected chi connectivity index (χ1v) is 11.4. The quantitative estimate of drug-likeness (QED) is 0.408. The monoisotopic (exact) mass is 435 g/mol. The van der Waals surface area contributed by atoms with Crippen molar-refractivity contribution in [2.45, 2.75) is 25.5 Å². The van der Waals surface area contributed by atoms with Gasteiger partial charge >= 0.3 is 0 Å². The van der Waals surface area contributed by atoms with Crippen molar-refractivity contribution in [2.24, 2.45) is 0 Å². The van der Waals surface area contributed by atoms with E-state index in [0.717, 1.165) is 45.0 Å². The summed E-state index contributed by atoms with van der Waals surface area (Å²) in [4.78, 5) is 17.0. The van der Waals surface area contributed by atoms with Gasteiger partial charge < -0.3 is 9.88 Å². The van der Waals surface area contributed by atoms with Crippen molar-refractivity contribution in [3.05, 3.63) is 65.0 Å². The van der Waals surface area contributed by atoms with Gasteiger partial charge in [-0.2, -0.15) is 0 Å². The van der Waals surface area contributed by atoms with Gasteiger partial charge in [0.15, 0.2) is 11.0 Å². The molecule has 6 nitrogen and oxygen atoms in total. The molecule has 2 heterocycles. The van der Waals surface area contributed by atoms with E-state index in [1.807, 2.05) is 78.4 Å². The zero-order valence-electron chi connectivity index (χ0n) is 16.7. The summed E-state index contributed by atoms with van der Waals surface area (Å²) in [6, 6.07) is 17.7. The topological polar surface area (TPSA) is 72.7 Å². The molecule has 0 unspecified atom stereocenters. The molecule has 0 fully saturated rings. The predicted molar refractivity (Wildman–Crippen MR) is 123 cm³/mol. The number of hydrogen-bond donors (Lipinski definition) is 1. The van der Waals surface area contributed by atoms with E-state index in [4.69, 9.17) is 0 Å². The highest BCUT2D eigenvalue weighted by molar-refractivity contribution is 7.99. The van der Waals surface area contributed by atoms with Crippen molar-refractivity contribution in [2.75, 3.05) is 11.1 Å². The van der Waals surface area contributed by atoms with Crippen LogP contribution >= 0.6 is 23.1 Å². The first kappa shape index (κ1) is 20.3. The van der Waals surface area contributed by atoms with Crippen LogP contribution in [0.4, 0.5) is 5.69 Å². The van der Waals surface area contributed by atoms with E-state index in [2.05, 4.69) is 20.5 Å². The van der Waals surface area contributed by atoms with Crippen molar-refractivity contribution >= 4 is 34.7 Å². The predicted octanol–water partition coefficient (Wildman–Crippen LogP) is 5.13. The molecule has 2 aromatic heterocycles. The fraction of sp³-hybridized carbons (Fsp3) is 0.182. The number of thiazole rings is 1. The zero-order valence-corrected chi connectivity index (χ0v) is 18.3. The van der Waals surface area contributed by atoms with E-state index in [0.29, 0.717) is 0 Å². The Morgan fingerprint density at radius 2 is 1.90 bits per heavy atom. The third kappa shape index (κ3) is 4.60. The standard InChI is InChI=1S/C22H21N5OS2/c1-3-27-21(16-8-5-4-6-9-16)25-26-22(27)30-14-20(28)24-18-11-7-10-17(12-18)19-13-29-15(2)23-19/h4-13H,3,14H2,1-2H3,(H,24,28). The summed E-state index contributed by atoms with van der Waals surface area (Å²) < 4.78 is 2.03. The minimum atomic E-state index is -0.0847. The molecule has 0 bridgehead atoms. The molecular weight excluding hydrogens is 414 g/mol. The SMILES string of the molecule is CCn1c(SCC(=O)Nc2cccc(-c3csc(C)n3)c2)nnc1-c1ccccc1. The molecule has 1 amide bonds. The minimum Gasteiger partial charge on any atom is -0.325 e. The molecule has 0 spiro atoms. The van der Waals surface area contributed by atoms with Crippen LogP contribution in [-0.2, 0) is 11.3 Å². The molecule has 4 rings (SSSR count). The summed E-state index contributed by atoms with van der Waals surface area (Å²) in [6.45, 7) is 4.76. The lowest BCUT2D eigenvalue weighted by molar-refractivity contribution is -0.113. The maximum atomic E-state index is 12.5. The summed E-state index contributed by atoms with van der Waals surface area (Å²) in [5.41, 5.74) is 3.68. The van der Waals surface area contributed by atoms with Crippen molar-refractivity contribution in [3.63, 3.8) is 0 Å². The smallest absolute Gasteiger partial charge is 0.234 e. The van der Waals surface area contributed by atoms with E-state index in [9.17, 15) is 4.79 Å². The van der Waals surface area contributed by atoms with E-state index < -0.39 is 0 Å². The maximum Gasteiger partial charge on any atom is 0.234 e. The van der Waals surface area contributed by atoms with Gasteiger partial charge in [0.2, 0.25) is 5.91 Å². The lowest BCUT2D eigenvalue weighted by Crippen LogP contribution is -2.14. The first-order chi connectivity index (χ1) is 14.6. The van der Waals surface area contributed by atoms with Gasteiger partial charge in [0, 0.05) is 28.7 Å². The molecule has 0 radical (unpaired) electrons. The number of nitrogens with one attached hydrogen (secondary N) is 1. The fourth-order valence-corrected chi connectivity index (χ4v) is 4.49. The molecule has 8 heteroatoms. The number of aromatic nitrogens is 4. The summed E-state index contributed by atoms with van der Waals surface area (Å²) in [6.07, 6.45) is 0. The van der Waals surface area contributed by atoms with Gasteiger partial charge in [-0.15, -0.1) is 21.5 Å². The third-order valence-corrected chi connectivity index (χ3v) is 6.20. The third-order valence-electron chi connectivity index (χ3n) is 4.46. The van der Waals surface area contributed by atoms with Crippen LogP contribution in [0.5, 0.6) is 0 Å². The lowest BCUT2D eigenvalue weighted by Gasteiger charge is -2.08. The van der Waals surface area contributed by atoms with Gasteiger partial charge in [0.05, 0.1) is 16.5 Å². The Kier molecular flexibility index (Phi) is 6.25. The molecular formula is C22H21N5OS2. The second-order valence-corrected chi connectivity index (χ2v) is 8.59. The van der Waals surface area contributed by atoms with Crippen LogP contribution in [0.15, 0.2) is 65.1 Å². The fourth-order valence-electron chi connectivity index (χ4n) is 3.06. The van der Waals surface area contributed by atoms with Crippen LogP contribution in [0, 0.1) is 6.92 Å². The van der Waals surface area contributed by atoms with Crippen LogP contribution in [0.1, 0.15) is 11.9 Å². The van der Waals surface area contributed by atoms with Gasteiger partial charge in [-0.05, 0) is 26.0 Å². The molecule has 0 aliphatic rings. The first-order valence-electron chi connectivity index (χ1n) is 9.58. The Bertz CT molecular complexity index is 1150. The number of benzene rings is 2. The molecule has 4 aromatic rings. The number of thioether (sulfide) groups is 1. The molecule has 30 heavy (non-hydrogen) atoms. The summed E-state index contributed by atoms with van der Waals surface area (Å²) in [7, 11) is 0. The van der Waals surface area contributed by atoms with Crippen LogP contribution < -0.4 is 5.32 Å². The molecule has 0 saturated carbocycles. The van der Waals surface area contributed by atoms with Gasteiger partial charge in [-0.3, -0.25) is 4.79 Å². The number of nitrogens with zero attached hydrogens (tertiary/aromatic N) is 4. The van der Waals surface area contributed by atoms with Gasteiger partial charge in [-0.1, -0.05) is 54.2 Å². The second kappa shape index (κ2) is 9.23. The van der Waals surface area contributed by atoms with Crippen LogP contribution in [0.3, 0.4) is 0 Å². The van der Waals surface area contributed by atoms with Crippen molar-refractivity contribution in [1.82, 2.24) is 19.7 Å². The average Bonchev–Trinajstić information content (AvgIpc) is 3.39. The molecule has 152 valence electrons. The Morgan fingerprint density at radius 3 is 2.63 bits per heavy atom. The number of rotatable bonds is 7. The maximum absolute atomic E-state index is 12.5. The van der Waals surface area contributed by atoms with Crippen LogP contribution in [-0.4, -0.2) is 31.4 Å². The van der Waals surface area contributed by atoms with E-state index in [-0.39, 0.29) is 11.7 Å². The molecule has 1 N–H and O–H groups in total. The number of carbonyl (C=O) groups is 1. The van der Waals surface area contributed by atoms with Crippen molar-refractivity contribution < 1.29 is 4.79 Å². The largest absolute Gasteiger partial charge is 0.325 e. The molecule has 0 saturated heterocycles. The van der Waals surface area contributed by atoms with E-state index >= 15 is 0 Å². The summed E-state index contributed by atoms with van der Waals surface area (Å²) >= 11 is 3.00. The highest BCUT2D eigenvalue weighted by Crippen LogP contribution is 2.26. The summed E-state index contributed by atoms with van der Waals surface area (Å²) in [5, 5.41) is 15.3. The molecule has 0 aliphatic carbocycles. The zero-order chi connectivity index (χ0) is 20.9. The Morgan fingerprint density at radius 1 is 1.10 bits per heavy atom. The number of hydrogen-bond acceptors (Lipinski definition) is 6. The molecule has 2 aromatic carbocycles. The van der Waals surface area contributed by atoms with Crippen molar-refractivity contribution in [1.29, 1.82) is 0 Å². The minimum absolute atomic E-state index is 0.0847. The Labute approximate surface area is 183 Å². The van der Waals surface area contributed by atoms with Gasteiger partial charge in [0.1, 0.15) is 0 Å². The highest BCUT2D eigenvalue weighted by Gasteiger charge is 2.14. The normalized spacial score (nSPS) is 10.9. The lowest BCUT2D eigenvalue weighted by atomic mass is 10.1. The Hall–Kier alpha value is -2.97. The second-order valence-electron chi connectivity index (χ2n) is 6.59. The van der Waals surface area contributed by atoms with Crippen molar-refractivity contribution in [3.8, 4) is 22.6 Å². The highest BCUT2D eigenvalue weighted by atomic mass is 32.2. The number of aryl methyl sites for hydroxylation is 1. The van der Waals surface area contributed by atoms with Crippen LogP contribution in [0.2, 0.25) is 0 Å². The summed E-state index contributed by atoms with van der Waals surface area (Å²) in [5.74, 6) is 0.984. The van der Waals surface area contributed by atoms with E-state index in [1.165, 1.54) is 11.8 Å². The number of carbonyl (C=O) groups excluding carboxylic acids is 1. The average molecular weight is 436 g/mol. The van der Waals surface area contributed by atoms with Gasteiger partial charge in [-0.25, -0.2) is 4.98 Å². The Balaban J connectivity index is 1.42. The number of amides is 1. The van der Waals surface area contributed by atoms with Gasteiger partial charge in [0.25, 0.3) is 0 Å². The molecule has 0 atom stereocenters.